The third-order valence-electron chi connectivity index (χ3n) is 5.12. The maximum Gasteiger partial charge on any atom is 0.223 e. The van der Waals surface area contributed by atoms with Crippen molar-refractivity contribution in [1.82, 2.24) is 4.90 Å². The second-order valence-corrected chi connectivity index (χ2v) is 6.53. The van der Waals surface area contributed by atoms with E-state index in [0.717, 1.165) is 45.1 Å². The van der Waals surface area contributed by atoms with E-state index >= 15 is 0 Å². The van der Waals surface area contributed by atoms with Crippen molar-refractivity contribution in [3.63, 3.8) is 0 Å². The maximum atomic E-state index is 12.4. The number of likely N-dealkylation sites (tertiary alicyclic amines) is 1. The van der Waals surface area contributed by atoms with E-state index in [9.17, 15) is 9.90 Å². The van der Waals surface area contributed by atoms with Gasteiger partial charge in [-0.1, -0.05) is 33.1 Å². The van der Waals surface area contributed by atoms with E-state index in [2.05, 4.69) is 18.7 Å². The lowest BCUT2D eigenvalue weighted by Gasteiger charge is -2.37. The highest BCUT2D eigenvalue weighted by molar-refractivity contribution is 5.77. The summed E-state index contributed by atoms with van der Waals surface area (Å²) in [6.07, 6.45) is 8.14. The predicted octanol–water partition coefficient (Wildman–Crippen LogP) is 2.96. The van der Waals surface area contributed by atoms with Crippen LogP contribution < -0.4 is 0 Å². The minimum Gasteiger partial charge on any atom is -0.393 e. The van der Waals surface area contributed by atoms with Gasteiger partial charge >= 0.3 is 0 Å². The molecule has 0 radical (unpaired) electrons. The molecule has 0 bridgehead atoms. The van der Waals surface area contributed by atoms with Crippen molar-refractivity contribution in [2.75, 3.05) is 6.54 Å². The molecule has 0 aromatic heterocycles. The van der Waals surface area contributed by atoms with E-state index in [1.165, 1.54) is 6.42 Å². The first kappa shape index (κ1) is 14.8. The van der Waals surface area contributed by atoms with Crippen LogP contribution in [0.5, 0.6) is 0 Å². The number of hydrogen-bond acceptors (Lipinski definition) is 2. The Kier molecular flexibility index (Phi) is 5.26. The normalized spacial score (nSPS) is 33.4. The molecule has 4 unspecified atom stereocenters. The van der Waals surface area contributed by atoms with E-state index in [0.29, 0.717) is 30.2 Å². The van der Waals surface area contributed by atoms with Crippen LogP contribution in [-0.2, 0) is 4.79 Å². The standard InChI is InChI=1S/C16H29NO2/c1-3-12(2)11-16(19)17-10-6-8-14(17)13-7-4-5-9-15(13)18/h12-15,18H,3-11H2,1-2H3. The average molecular weight is 267 g/mol. The third kappa shape index (κ3) is 3.50. The fraction of sp³-hybridized carbons (Fsp3) is 0.938. The van der Waals surface area contributed by atoms with Gasteiger partial charge in [0.1, 0.15) is 0 Å². The van der Waals surface area contributed by atoms with Crippen molar-refractivity contribution in [3.05, 3.63) is 0 Å². The number of aliphatic hydroxyl groups is 1. The zero-order valence-electron chi connectivity index (χ0n) is 12.5. The molecule has 3 nitrogen and oxygen atoms in total. The van der Waals surface area contributed by atoms with Crippen LogP contribution in [0.25, 0.3) is 0 Å². The lowest BCUT2D eigenvalue weighted by atomic mass is 9.80. The summed E-state index contributed by atoms with van der Waals surface area (Å²) in [6, 6.07) is 0.312. The monoisotopic (exact) mass is 267 g/mol. The highest BCUT2D eigenvalue weighted by Crippen LogP contribution is 2.35. The van der Waals surface area contributed by atoms with Crippen LogP contribution in [0.3, 0.4) is 0 Å². The molecule has 1 amide bonds. The fourth-order valence-electron chi connectivity index (χ4n) is 3.70. The largest absolute Gasteiger partial charge is 0.393 e. The van der Waals surface area contributed by atoms with Gasteiger partial charge in [0.15, 0.2) is 0 Å². The summed E-state index contributed by atoms with van der Waals surface area (Å²) in [5.74, 6) is 1.12. The molecule has 0 aromatic carbocycles. The quantitative estimate of drug-likeness (QED) is 0.850. The number of hydrogen-bond donors (Lipinski definition) is 1. The van der Waals surface area contributed by atoms with Crippen LogP contribution in [0, 0.1) is 11.8 Å². The Bertz CT molecular complexity index is 305. The minimum absolute atomic E-state index is 0.184. The zero-order valence-corrected chi connectivity index (χ0v) is 12.5. The van der Waals surface area contributed by atoms with Gasteiger partial charge < -0.3 is 10.0 Å². The number of aliphatic hydroxyl groups excluding tert-OH is 1. The Morgan fingerprint density at radius 1 is 1.26 bits per heavy atom. The van der Waals surface area contributed by atoms with Gasteiger partial charge in [-0.15, -0.1) is 0 Å². The predicted molar refractivity (Wildman–Crippen MR) is 76.8 cm³/mol. The molecule has 3 heteroatoms. The number of carbonyl (C=O) groups is 1. The number of amides is 1. The van der Waals surface area contributed by atoms with Crippen molar-refractivity contribution in [1.29, 1.82) is 0 Å². The first-order valence-corrected chi connectivity index (χ1v) is 8.11. The molecule has 1 heterocycles. The summed E-state index contributed by atoms with van der Waals surface area (Å²) in [5, 5.41) is 10.2. The van der Waals surface area contributed by atoms with Gasteiger partial charge in [0.2, 0.25) is 5.91 Å². The Labute approximate surface area is 117 Å². The molecule has 4 atom stereocenters. The van der Waals surface area contributed by atoms with Crippen molar-refractivity contribution in [3.8, 4) is 0 Å². The summed E-state index contributed by atoms with van der Waals surface area (Å²) < 4.78 is 0. The molecular formula is C16H29NO2. The van der Waals surface area contributed by atoms with Gasteiger partial charge in [-0.2, -0.15) is 0 Å². The summed E-state index contributed by atoms with van der Waals surface area (Å²) in [7, 11) is 0. The van der Waals surface area contributed by atoms with Gasteiger partial charge in [0, 0.05) is 24.9 Å². The Morgan fingerprint density at radius 3 is 2.68 bits per heavy atom. The van der Waals surface area contributed by atoms with Crippen molar-refractivity contribution >= 4 is 5.91 Å². The first-order chi connectivity index (χ1) is 9.13. The van der Waals surface area contributed by atoms with Gasteiger partial charge in [0.05, 0.1) is 6.10 Å². The molecule has 0 aromatic rings. The lowest BCUT2D eigenvalue weighted by Crippen LogP contribution is -2.45. The highest BCUT2D eigenvalue weighted by atomic mass is 16.3. The highest BCUT2D eigenvalue weighted by Gasteiger charge is 2.38. The molecule has 1 saturated heterocycles. The zero-order chi connectivity index (χ0) is 13.8. The van der Waals surface area contributed by atoms with Crippen LogP contribution in [0.2, 0.25) is 0 Å². The summed E-state index contributed by atoms with van der Waals surface area (Å²) >= 11 is 0. The summed E-state index contributed by atoms with van der Waals surface area (Å²) in [6.45, 7) is 5.20. The van der Waals surface area contributed by atoms with Crippen LogP contribution in [0.15, 0.2) is 0 Å². The SMILES string of the molecule is CCC(C)CC(=O)N1CCCC1C1CCCCC1O. The van der Waals surface area contributed by atoms with Crippen molar-refractivity contribution in [2.45, 2.75) is 77.4 Å². The van der Waals surface area contributed by atoms with Gasteiger partial charge in [0.25, 0.3) is 0 Å². The topological polar surface area (TPSA) is 40.5 Å². The molecule has 2 fully saturated rings. The van der Waals surface area contributed by atoms with E-state index < -0.39 is 0 Å². The Balaban J connectivity index is 1.97. The summed E-state index contributed by atoms with van der Waals surface area (Å²) in [5.41, 5.74) is 0. The number of rotatable bonds is 4. The Morgan fingerprint density at radius 2 is 2.00 bits per heavy atom. The molecule has 1 aliphatic heterocycles. The van der Waals surface area contributed by atoms with E-state index in [4.69, 9.17) is 0 Å². The summed E-state index contributed by atoms with van der Waals surface area (Å²) in [4.78, 5) is 14.5. The molecule has 1 saturated carbocycles. The van der Waals surface area contributed by atoms with Gasteiger partial charge in [-0.05, 0) is 31.6 Å². The molecule has 1 N–H and O–H groups in total. The lowest BCUT2D eigenvalue weighted by molar-refractivity contribution is -0.135. The van der Waals surface area contributed by atoms with Gasteiger partial charge in [-0.3, -0.25) is 4.79 Å². The molecular weight excluding hydrogens is 238 g/mol. The number of carbonyl (C=O) groups excluding carboxylic acids is 1. The van der Waals surface area contributed by atoms with Crippen molar-refractivity contribution < 1.29 is 9.90 Å². The van der Waals surface area contributed by atoms with Crippen LogP contribution >= 0.6 is 0 Å². The van der Waals surface area contributed by atoms with Crippen molar-refractivity contribution in [2.24, 2.45) is 11.8 Å². The first-order valence-electron chi connectivity index (χ1n) is 8.11. The number of nitrogens with zero attached hydrogens (tertiary/aromatic N) is 1. The van der Waals surface area contributed by atoms with E-state index in [-0.39, 0.29) is 6.10 Å². The van der Waals surface area contributed by atoms with Crippen LogP contribution in [-0.4, -0.2) is 34.6 Å². The molecule has 19 heavy (non-hydrogen) atoms. The molecule has 0 spiro atoms. The average Bonchev–Trinajstić information content (AvgIpc) is 2.88. The fourth-order valence-corrected chi connectivity index (χ4v) is 3.70. The molecule has 1 aliphatic carbocycles. The second kappa shape index (κ2) is 6.74. The maximum absolute atomic E-state index is 12.4. The van der Waals surface area contributed by atoms with Gasteiger partial charge in [-0.25, -0.2) is 0 Å². The Hall–Kier alpha value is -0.570. The smallest absolute Gasteiger partial charge is 0.223 e. The minimum atomic E-state index is -0.184. The van der Waals surface area contributed by atoms with E-state index in [1.54, 1.807) is 0 Å². The molecule has 2 rings (SSSR count). The molecule has 110 valence electrons. The van der Waals surface area contributed by atoms with Crippen LogP contribution in [0.1, 0.15) is 65.2 Å². The molecule has 2 aliphatic rings. The second-order valence-electron chi connectivity index (χ2n) is 6.53. The third-order valence-corrected chi connectivity index (χ3v) is 5.12. The van der Waals surface area contributed by atoms with Crippen LogP contribution in [0.4, 0.5) is 0 Å². The van der Waals surface area contributed by atoms with E-state index in [1.807, 2.05) is 0 Å².